The van der Waals surface area contributed by atoms with Crippen molar-refractivity contribution in [1.29, 1.82) is 5.26 Å². The van der Waals surface area contributed by atoms with Gasteiger partial charge in [0.1, 0.15) is 0 Å². The second-order valence-electron chi connectivity index (χ2n) is 8.42. The van der Waals surface area contributed by atoms with Crippen molar-refractivity contribution in [3.63, 3.8) is 0 Å². The Hall–Kier alpha value is -3.36. The van der Waals surface area contributed by atoms with E-state index >= 15 is 0 Å². The van der Waals surface area contributed by atoms with Gasteiger partial charge in [-0.15, -0.1) is 5.10 Å². The molecule has 3 saturated carbocycles. The molecule has 11 heteroatoms. The zero-order valence-corrected chi connectivity index (χ0v) is 17.6. The Labute approximate surface area is 179 Å². The van der Waals surface area contributed by atoms with Crippen LogP contribution in [0.5, 0.6) is 0 Å². The fourth-order valence-corrected chi connectivity index (χ4v) is 6.18. The van der Waals surface area contributed by atoms with Crippen molar-refractivity contribution in [3.8, 4) is 23.1 Å². The minimum atomic E-state index is -3.77. The Kier molecular flexibility index (Phi) is 4.15. The van der Waals surface area contributed by atoms with E-state index in [1.807, 2.05) is 6.92 Å². The number of hydrogen-bond donors (Lipinski definition) is 2. The number of fused-ring (bicyclic) bond motifs is 1. The van der Waals surface area contributed by atoms with Crippen LogP contribution in [0.25, 0.3) is 17.1 Å². The average Bonchev–Trinajstić information content (AvgIpc) is 3.44. The molecule has 2 bridgehead atoms. The number of aryl methyl sites for hydroxylation is 1. The molecular weight excluding hydrogens is 416 g/mol. The third kappa shape index (κ3) is 3.15. The molecule has 6 rings (SSSR count). The van der Waals surface area contributed by atoms with E-state index in [0.29, 0.717) is 36.3 Å². The lowest BCUT2D eigenvalue weighted by molar-refractivity contribution is 0.161. The van der Waals surface area contributed by atoms with Gasteiger partial charge in [0.2, 0.25) is 10.0 Å². The standard InChI is InChI=1S/C20H20N8O2S/c1-13-2-3-14(31(29,30)26-20-5-4-19(10-20,11-20)12-21)8-15(13)16-9-23-17(22)18(25-16)28-7-6-24-27-28/h2-3,6-9,26H,4-5,10-11H2,1H3,(H2,22,23). The van der Waals surface area contributed by atoms with Crippen molar-refractivity contribution in [1.82, 2.24) is 29.7 Å². The second kappa shape index (κ2) is 6.57. The average molecular weight is 437 g/mol. The molecule has 2 heterocycles. The SMILES string of the molecule is Cc1ccc(S(=O)(=O)NC23CCC(C#N)(C2)C3)cc1-c1cnc(N)c(-n2ccnn2)n1. The molecule has 0 spiro atoms. The summed E-state index contributed by atoms with van der Waals surface area (Å²) in [4.78, 5) is 8.87. The zero-order valence-electron chi connectivity index (χ0n) is 16.8. The van der Waals surface area contributed by atoms with Crippen LogP contribution in [0.2, 0.25) is 0 Å². The van der Waals surface area contributed by atoms with Gasteiger partial charge in [-0.1, -0.05) is 11.3 Å². The molecule has 10 nitrogen and oxygen atoms in total. The first-order valence-corrected chi connectivity index (χ1v) is 11.3. The molecular formula is C20H20N8O2S. The smallest absolute Gasteiger partial charge is 0.241 e. The van der Waals surface area contributed by atoms with Crippen LogP contribution in [-0.4, -0.2) is 38.9 Å². The minimum Gasteiger partial charge on any atom is -0.381 e. The molecule has 3 fully saturated rings. The fourth-order valence-electron chi connectivity index (χ4n) is 4.73. The lowest BCUT2D eigenvalue weighted by Crippen LogP contribution is -2.55. The van der Waals surface area contributed by atoms with Gasteiger partial charge in [-0.25, -0.2) is 23.1 Å². The summed E-state index contributed by atoms with van der Waals surface area (Å²) >= 11 is 0. The molecule has 0 unspecified atom stereocenters. The molecule has 0 aliphatic heterocycles. The van der Waals surface area contributed by atoms with Crippen LogP contribution in [0.4, 0.5) is 5.82 Å². The van der Waals surface area contributed by atoms with E-state index < -0.39 is 15.6 Å². The van der Waals surface area contributed by atoms with Crippen molar-refractivity contribution in [2.75, 3.05) is 5.73 Å². The van der Waals surface area contributed by atoms with Gasteiger partial charge in [0.15, 0.2) is 11.6 Å². The fraction of sp³-hybridized carbons (Fsp3) is 0.350. The maximum atomic E-state index is 13.1. The van der Waals surface area contributed by atoms with Crippen LogP contribution in [-0.2, 0) is 10.0 Å². The number of nitriles is 1. The maximum absolute atomic E-state index is 13.1. The number of sulfonamides is 1. The number of rotatable bonds is 5. The number of aromatic nitrogens is 5. The van der Waals surface area contributed by atoms with E-state index in [9.17, 15) is 13.7 Å². The summed E-state index contributed by atoms with van der Waals surface area (Å²) in [6, 6.07) is 7.25. The maximum Gasteiger partial charge on any atom is 0.241 e. The number of nitrogens with two attached hydrogens (primary N) is 1. The van der Waals surface area contributed by atoms with Gasteiger partial charge in [-0.05, 0) is 50.3 Å². The molecule has 0 atom stereocenters. The molecule has 1 aromatic carbocycles. The topological polar surface area (TPSA) is 152 Å². The number of nitrogens with one attached hydrogen (secondary N) is 1. The van der Waals surface area contributed by atoms with E-state index in [0.717, 1.165) is 12.0 Å². The van der Waals surface area contributed by atoms with E-state index in [1.54, 1.807) is 24.4 Å². The van der Waals surface area contributed by atoms with E-state index in [-0.39, 0.29) is 16.1 Å². The highest BCUT2D eigenvalue weighted by Gasteiger charge is 2.62. The van der Waals surface area contributed by atoms with Crippen molar-refractivity contribution < 1.29 is 8.42 Å². The Bertz CT molecular complexity index is 1320. The highest BCUT2D eigenvalue weighted by Crippen LogP contribution is 2.61. The molecule has 31 heavy (non-hydrogen) atoms. The summed E-state index contributed by atoms with van der Waals surface area (Å²) in [5.41, 5.74) is 7.00. The molecule has 3 N–H and O–H groups in total. The molecule has 0 radical (unpaired) electrons. The third-order valence-corrected chi connectivity index (χ3v) is 7.82. The third-order valence-electron chi connectivity index (χ3n) is 6.24. The molecule has 3 aliphatic carbocycles. The molecule has 0 amide bonds. The molecule has 3 aliphatic rings. The highest BCUT2D eigenvalue weighted by atomic mass is 32.2. The lowest BCUT2D eigenvalue weighted by Gasteiger charge is -2.43. The van der Waals surface area contributed by atoms with Gasteiger partial charge in [0, 0.05) is 11.1 Å². The van der Waals surface area contributed by atoms with E-state index in [4.69, 9.17) is 5.73 Å². The first-order valence-electron chi connectivity index (χ1n) is 9.80. The molecule has 3 aromatic rings. The predicted molar refractivity (Wildman–Crippen MR) is 111 cm³/mol. The van der Waals surface area contributed by atoms with E-state index in [2.05, 4.69) is 31.1 Å². The summed E-state index contributed by atoms with van der Waals surface area (Å²) in [5, 5.41) is 17.0. The van der Waals surface area contributed by atoms with Gasteiger partial charge in [0.05, 0.1) is 40.7 Å². The lowest BCUT2D eigenvalue weighted by atomic mass is 9.66. The van der Waals surface area contributed by atoms with Crippen molar-refractivity contribution in [2.45, 2.75) is 43.0 Å². The summed E-state index contributed by atoms with van der Waals surface area (Å²) < 4.78 is 30.5. The quantitative estimate of drug-likeness (QED) is 0.613. The Morgan fingerprint density at radius 3 is 2.77 bits per heavy atom. The van der Waals surface area contributed by atoms with Gasteiger partial charge in [0.25, 0.3) is 0 Å². The number of hydrogen-bond acceptors (Lipinski definition) is 8. The predicted octanol–water partition coefficient (Wildman–Crippen LogP) is 1.73. The number of nitrogen functional groups attached to an aromatic ring is 1. The largest absolute Gasteiger partial charge is 0.381 e. The van der Waals surface area contributed by atoms with Crippen LogP contribution in [0.1, 0.15) is 31.2 Å². The molecule has 2 aromatic heterocycles. The first kappa shape index (κ1) is 19.6. The minimum absolute atomic E-state index is 0.143. The summed E-state index contributed by atoms with van der Waals surface area (Å²) in [6.45, 7) is 1.87. The molecule has 0 saturated heterocycles. The van der Waals surface area contributed by atoms with Crippen LogP contribution in [0.3, 0.4) is 0 Å². The number of benzene rings is 1. The summed E-state index contributed by atoms with van der Waals surface area (Å²) in [6.07, 6.45) is 7.16. The number of nitrogens with zero attached hydrogens (tertiary/aromatic N) is 6. The molecule has 158 valence electrons. The first-order chi connectivity index (χ1) is 14.7. The van der Waals surface area contributed by atoms with Crippen LogP contribution in [0.15, 0.2) is 41.7 Å². The number of anilines is 1. The normalized spacial score (nSPS) is 24.5. The van der Waals surface area contributed by atoms with Crippen LogP contribution < -0.4 is 10.5 Å². The van der Waals surface area contributed by atoms with Gasteiger partial charge < -0.3 is 5.73 Å². The second-order valence-corrected chi connectivity index (χ2v) is 10.1. The van der Waals surface area contributed by atoms with Crippen LogP contribution >= 0.6 is 0 Å². The van der Waals surface area contributed by atoms with Gasteiger partial charge in [-0.2, -0.15) is 9.94 Å². The zero-order chi connectivity index (χ0) is 21.9. The monoisotopic (exact) mass is 436 g/mol. The summed E-state index contributed by atoms with van der Waals surface area (Å²) in [5.74, 6) is 0.497. The van der Waals surface area contributed by atoms with Crippen molar-refractivity contribution in [3.05, 3.63) is 42.4 Å². The van der Waals surface area contributed by atoms with Gasteiger partial charge in [-0.3, -0.25) is 0 Å². The Morgan fingerprint density at radius 2 is 2.10 bits per heavy atom. The highest BCUT2D eigenvalue weighted by molar-refractivity contribution is 7.89. The Morgan fingerprint density at radius 1 is 1.29 bits per heavy atom. The van der Waals surface area contributed by atoms with Crippen molar-refractivity contribution in [2.24, 2.45) is 5.41 Å². The van der Waals surface area contributed by atoms with Gasteiger partial charge >= 0.3 is 0 Å². The van der Waals surface area contributed by atoms with Crippen LogP contribution in [0, 0.1) is 23.7 Å². The van der Waals surface area contributed by atoms with Crippen molar-refractivity contribution >= 4 is 15.8 Å². The van der Waals surface area contributed by atoms with E-state index in [1.165, 1.54) is 17.1 Å². The Balaban J connectivity index is 1.49. The summed E-state index contributed by atoms with van der Waals surface area (Å²) in [7, 11) is -3.77.